The van der Waals surface area contributed by atoms with Crippen LogP contribution >= 0.6 is 0 Å². The second-order valence-corrected chi connectivity index (χ2v) is 6.62. The number of nitrogens with zero attached hydrogens (tertiary/aromatic N) is 1. The highest BCUT2D eigenvalue weighted by Gasteiger charge is 2.27. The molecule has 2 heterocycles. The number of benzene rings is 2. The Hall–Kier alpha value is -3.67. The van der Waals surface area contributed by atoms with Crippen LogP contribution in [0.25, 0.3) is 16.7 Å². The first-order chi connectivity index (χ1) is 13.5. The molecule has 0 bridgehead atoms. The van der Waals surface area contributed by atoms with Crippen molar-refractivity contribution >= 4 is 28.8 Å². The molecule has 6 heteroatoms. The molecule has 0 atom stereocenters. The molecule has 28 heavy (non-hydrogen) atoms. The van der Waals surface area contributed by atoms with Crippen LogP contribution in [0, 0.1) is 0 Å². The van der Waals surface area contributed by atoms with E-state index in [1.54, 1.807) is 20.1 Å². The van der Waals surface area contributed by atoms with Crippen LogP contribution < -0.4 is 10.1 Å². The first-order valence-electron chi connectivity index (χ1n) is 8.79. The number of aliphatic carboxylic acids is 1. The molecule has 2 N–H and O–H groups in total. The van der Waals surface area contributed by atoms with E-state index < -0.39 is 5.97 Å². The molecule has 1 amide bonds. The summed E-state index contributed by atoms with van der Waals surface area (Å²) in [5.41, 5.74) is 5.14. The van der Waals surface area contributed by atoms with E-state index in [0.29, 0.717) is 22.7 Å². The highest BCUT2D eigenvalue weighted by atomic mass is 16.5. The molecule has 2 aliphatic rings. The van der Waals surface area contributed by atoms with E-state index in [1.165, 1.54) is 0 Å². The lowest BCUT2D eigenvalue weighted by molar-refractivity contribution is -0.132. The third kappa shape index (κ3) is 2.99. The number of carbonyl (C=O) groups is 2. The lowest BCUT2D eigenvalue weighted by Gasteiger charge is -2.09. The van der Waals surface area contributed by atoms with Gasteiger partial charge in [-0.1, -0.05) is 30.3 Å². The van der Waals surface area contributed by atoms with Crippen molar-refractivity contribution in [3.8, 4) is 16.9 Å². The standard InChI is InChI=1S/C22H18N2O4/c1-12-17(22(26)27)10-14(23-12)11-18-16-8-7-13(9-19(16)24-21(18)25)15-5-3-4-6-20(15)28-2/h3-9,11H,10H2,1-2H3,(H,24,25)(H,26,27). The number of para-hydroxylation sites is 1. The van der Waals surface area contributed by atoms with Crippen LogP contribution in [-0.2, 0) is 9.59 Å². The van der Waals surface area contributed by atoms with Gasteiger partial charge in [0, 0.05) is 34.6 Å². The number of carboxylic acid groups (broad SMARTS) is 1. The van der Waals surface area contributed by atoms with Gasteiger partial charge in [-0.3, -0.25) is 9.79 Å². The van der Waals surface area contributed by atoms with Gasteiger partial charge in [0.1, 0.15) is 5.75 Å². The second kappa shape index (κ2) is 6.81. The SMILES string of the molecule is COc1ccccc1-c1ccc2c(c1)NC(=O)C2=CC1=NC(C)=C(C(=O)O)C1. The van der Waals surface area contributed by atoms with E-state index >= 15 is 0 Å². The Morgan fingerprint density at radius 1 is 1.21 bits per heavy atom. The number of carboxylic acids is 1. The van der Waals surface area contributed by atoms with Crippen molar-refractivity contribution in [1.29, 1.82) is 0 Å². The molecule has 0 fully saturated rings. The Kier molecular flexibility index (Phi) is 4.31. The summed E-state index contributed by atoms with van der Waals surface area (Å²) in [6.45, 7) is 1.66. The van der Waals surface area contributed by atoms with Crippen LogP contribution in [-0.4, -0.2) is 29.8 Å². The number of anilines is 1. The number of rotatable bonds is 4. The molecule has 0 unspecified atom stereocenters. The van der Waals surface area contributed by atoms with Crippen LogP contribution in [0.5, 0.6) is 5.75 Å². The lowest BCUT2D eigenvalue weighted by Crippen LogP contribution is -2.06. The van der Waals surface area contributed by atoms with Gasteiger partial charge in [-0.25, -0.2) is 4.79 Å². The fraction of sp³-hybridized carbons (Fsp3) is 0.136. The molecule has 140 valence electrons. The van der Waals surface area contributed by atoms with E-state index in [4.69, 9.17) is 4.74 Å². The summed E-state index contributed by atoms with van der Waals surface area (Å²) in [6, 6.07) is 13.4. The van der Waals surface area contributed by atoms with Crippen LogP contribution in [0.15, 0.2) is 64.8 Å². The van der Waals surface area contributed by atoms with Crippen LogP contribution in [0.3, 0.4) is 0 Å². The number of methoxy groups -OCH3 is 1. The molecule has 4 rings (SSSR count). The fourth-order valence-corrected chi connectivity index (χ4v) is 3.50. The minimum atomic E-state index is -0.979. The highest BCUT2D eigenvalue weighted by molar-refractivity contribution is 6.35. The number of hydrogen-bond acceptors (Lipinski definition) is 4. The normalized spacial score (nSPS) is 16.9. The molecule has 0 saturated heterocycles. The highest BCUT2D eigenvalue weighted by Crippen LogP contribution is 2.38. The monoisotopic (exact) mass is 374 g/mol. The number of ether oxygens (including phenoxy) is 1. The molecule has 6 nitrogen and oxygen atoms in total. The largest absolute Gasteiger partial charge is 0.496 e. The molecule has 2 aromatic carbocycles. The number of fused-ring (bicyclic) bond motifs is 1. The maximum atomic E-state index is 12.5. The summed E-state index contributed by atoms with van der Waals surface area (Å²) >= 11 is 0. The van der Waals surface area contributed by atoms with E-state index in [9.17, 15) is 14.7 Å². The summed E-state index contributed by atoms with van der Waals surface area (Å²) in [4.78, 5) is 28.0. The van der Waals surface area contributed by atoms with Gasteiger partial charge in [-0.05, 0) is 30.7 Å². The summed E-state index contributed by atoms with van der Waals surface area (Å²) in [6.07, 6.45) is 1.88. The number of nitrogens with one attached hydrogen (secondary N) is 1. The molecule has 0 radical (unpaired) electrons. The van der Waals surface area contributed by atoms with Gasteiger partial charge >= 0.3 is 5.97 Å². The third-order valence-corrected chi connectivity index (χ3v) is 4.90. The number of hydrogen-bond donors (Lipinski definition) is 2. The Morgan fingerprint density at radius 3 is 2.71 bits per heavy atom. The van der Waals surface area contributed by atoms with Crippen molar-refractivity contribution < 1.29 is 19.4 Å². The zero-order valence-corrected chi connectivity index (χ0v) is 15.4. The Bertz CT molecular complexity index is 1110. The molecule has 2 aromatic rings. The molecular formula is C22H18N2O4. The Labute approximate surface area is 161 Å². The van der Waals surface area contributed by atoms with Crippen LogP contribution in [0.4, 0.5) is 5.69 Å². The molecule has 0 aromatic heterocycles. The van der Waals surface area contributed by atoms with Gasteiger partial charge in [-0.15, -0.1) is 0 Å². The topological polar surface area (TPSA) is 88.0 Å². The molecular weight excluding hydrogens is 356 g/mol. The van der Waals surface area contributed by atoms with Gasteiger partial charge in [0.25, 0.3) is 5.91 Å². The van der Waals surface area contributed by atoms with Crippen LogP contribution in [0.2, 0.25) is 0 Å². The van der Waals surface area contributed by atoms with E-state index in [1.807, 2.05) is 42.5 Å². The molecule has 0 aliphatic carbocycles. The maximum absolute atomic E-state index is 12.5. The Balaban J connectivity index is 1.68. The van der Waals surface area contributed by atoms with Crippen molar-refractivity contribution in [3.05, 3.63) is 65.4 Å². The summed E-state index contributed by atoms with van der Waals surface area (Å²) in [5, 5.41) is 12.1. The maximum Gasteiger partial charge on any atom is 0.333 e. The number of allylic oxidation sites excluding steroid dienone is 2. The van der Waals surface area contributed by atoms with Crippen molar-refractivity contribution in [1.82, 2.24) is 0 Å². The summed E-state index contributed by atoms with van der Waals surface area (Å²) < 4.78 is 5.42. The zero-order valence-electron chi connectivity index (χ0n) is 15.4. The van der Waals surface area contributed by atoms with Gasteiger partial charge < -0.3 is 15.2 Å². The smallest absolute Gasteiger partial charge is 0.333 e. The second-order valence-electron chi connectivity index (χ2n) is 6.62. The first-order valence-corrected chi connectivity index (χ1v) is 8.79. The zero-order chi connectivity index (χ0) is 19.8. The van der Waals surface area contributed by atoms with Crippen molar-refractivity contribution in [3.63, 3.8) is 0 Å². The number of aliphatic imine (C=N–C) groups is 1. The average molecular weight is 374 g/mol. The van der Waals surface area contributed by atoms with Gasteiger partial charge in [0.2, 0.25) is 0 Å². The predicted octanol–water partition coefficient (Wildman–Crippen LogP) is 3.90. The van der Waals surface area contributed by atoms with Crippen molar-refractivity contribution in [2.75, 3.05) is 12.4 Å². The van der Waals surface area contributed by atoms with Gasteiger partial charge in [0.05, 0.1) is 18.3 Å². The van der Waals surface area contributed by atoms with E-state index in [-0.39, 0.29) is 17.9 Å². The van der Waals surface area contributed by atoms with Crippen molar-refractivity contribution in [2.45, 2.75) is 13.3 Å². The summed E-state index contributed by atoms with van der Waals surface area (Å²) in [7, 11) is 1.62. The number of carbonyl (C=O) groups excluding carboxylic acids is 1. The molecule has 0 saturated carbocycles. The minimum Gasteiger partial charge on any atom is -0.496 e. The first kappa shape index (κ1) is 17.7. The number of amides is 1. The quantitative estimate of drug-likeness (QED) is 0.795. The predicted molar refractivity (Wildman–Crippen MR) is 107 cm³/mol. The average Bonchev–Trinajstić information content (AvgIpc) is 3.21. The Morgan fingerprint density at radius 2 is 2.00 bits per heavy atom. The molecule has 0 spiro atoms. The minimum absolute atomic E-state index is 0.215. The van der Waals surface area contributed by atoms with E-state index in [0.717, 1.165) is 22.4 Å². The fourth-order valence-electron chi connectivity index (χ4n) is 3.50. The van der Waals surface area contributed by atoms with Crippen molar-refractivity contribution in [2.24, 2.45) is 4.99 Å². The summed E-state index contributed by atoms with van der Waals surface area (Å²) in [5.74, 6) is -0.450. The molecule has 2 aliphatic heterocycles. The lowest BCUT2D eigenvalue weighted by atomic mass is 9.98. The van der Waals surface area contributed by atoms with E-state index in [2.05, 4.69) is 10.3 Å². The van der Waals surface area contributed by atoms with Gasteiger partial charge in [-0.2, -0.15) is 0 Å². The van der Waals surface area contributed by atoms with Crippen LogP contribution in [0.1, 0.15) is 18.9 Å². The van der Waals surface area contributed by atoms with Gasteiger partial charge in [0.15, 0.2) is 0 Å². The third-order valence-electron chi connectivity index (χ3n) is 4.90.